The molecule has 2 nitrogen and oxygen atoms in total. The summed E-state index contributed by atoms with van der Waals surface area (Å²) in [5.74, 6) is 0.153. The lowest BCUT2D eigenvalue weighted by molar-refractivity contribution is -0.125. The Balaban J connectivity index is 2.46. The van der Waals surface area contributed by atoms with Gasteiger partial charge in [-0.3, -0.25) is 4.79 Å². The molecule has 0 saturated heterocycles. The van der Waals surface area contributed by atoms with Crippen LogP contribution in [0.1, 0.15) is 20.8 Å². The molecule has 0 aliphatic carbocycles. The van der Waals surface area contributed by atoms with Gasteiger partial charge in [0.05, 0.1) is 0 Å². The highest BCUT2D eigenvalue weighted by Gasteiger charge is 2.20. The summed E-state index contributed by atoms with van der Waals surface area (Å²) >= 11 is 0. The zero-order chi connectivity index (χ0) is 8.48. The minimum absolute atomic E-state index is 0.153. The van der Waals surface area contributed by atoms with Gasteiger partial charge in [0.2, 0.25) is 5.91 Å². The zero-order valence-corrected chi connectivity index (χ0v) is 7.42. The highest BCUT2D eigenvalue weighted by molar-refractivity contribution is 5.89. The monoisotopic (exact) mass is 153 g/mol. The Hall–Kier alpha value is -0.790. The summed E-state index contributed by atoms with van der Waals surface area (Å²) in [5, 5.41) is 0. The number of carbonyl (C=O) groups is 1. The lowest BCUT2D eigenvalue weighted by Gasteiger charge is -2.25. The molecule has 2 heteroatoms. The van der Waals surface area contributed by atoms with E-state index in [0.29, 0.717) is 0 Å². The van der Waals surface area contributed by atoms with E-state index < -0.39 is 0 Å². The summed E-state index contributed by atoms with van der Waals surface area (Å²) in [6.07, 6.45) is 3.56. The standard InChI is InChI=1S/C9H15NO/c1-9(2,3)7-10-6-4-5-8(10)11/h4-5H,6-7H2,1-3H3. The van der Waals surface area contributed by atoms with Crippen LogP contribution in [0.5, 0.6) is 0 Å². The molecular formula is C9H15NO. The average molecular weight is 153 g/mol. The van der Waals surface area contributed by atoms with Crippen molar-refractivity contribution in [1.29, 1.82) is 0 Å². The Bertz CT molecular complexity index is 188. The predicted molar refractivity (Wildman–Crippen MR) is 45.2 cm³/mol. The van der Waals surface area contributed by atoms with Crippen molar-refractivity contribution in [2.75, 3.05) is 13.1 Å². The first kappa shape index (κ1) is 8.31. The molecule has 0 atom stereocenters. The van der Waals surface area contributed by atoms with Crippen LogP contribution in [0, 0.1) is 5.41 Å². The third-order valence-electron chi connectivity index (χ3n) is 1.56. The van der Waals surface area contributed by atoms with E-state index in [-0.39, 0.29) is 11.3 Å². The van der Waals surface area contributed by atoms with E-state index >= 15 is 0 Å². The van der Waals surface area contributed by atoms with Gasteiger partial charge in [-0.15, -0.1) is 0 Å². The third-order valence-corrected chi connectivity index (χ3v) is 1.56. The van der Waals surface area contributed by atoms with Gasteiger partial charge in [-0.25, -0.2) is 0 Å². The number of hydrogen-bond acceptors (Lipinski definition) is 1. The Morgan fingerprint density at radius 1 is 1.55 bits per heavy atom. The van der Waals surface area contributed by atoms with Crippen molar-refractivity contribution in [1.82, 2.24) is 4.90 Å². The molecule has 62 valence electrons. The van der Waals surface area contributed by atoms with Crippen LogP contribution < -0.4 is 0 Å². The van der Waals surface area contributed by atoms with E-state index in [4.69, 9.17) is 0 Å². The molecule has 1 aliphatic rings. The van der Waals surface area contributed by atoms with Crippen LogP contribution in [0.25, 0.3) is 0 Å². The lowest BCUT2D eigenvalue weighted by Crippen LogP contribution is -2.33. The summed E-state index contributed by atoms with van der Waals surface area (Å²) in [6, 6.07) is 0. The van der Waals surface area contributed by atoms with E-state index in [0.717, 1.165) is 13.1 Å². The Kier molecular flexibility index (Phi) is 2.03. The van der Waals surface area contributed by atoms with Gasteiger partial charge in [0.25, 0.3) is 0 Å². The van der Waals surface area contributed by atoms with E-state index in [1.54, 1.807) is 6.08 Å². The second kappa shape index (κ2) is 2.68. The molecule has 0 spiro atoms. The average Bonchev–Trinajstić information content (AvgIpc) is 2.12. The maximum absolute atomic E-state index is 11.1. The number of hydrogen-bond donors (Lipinski definition) is 0. The normalized spacial score (nSPS) is 18.1. The van der Waals surface area contributed by atoms with E-state index in [9.17, 15) is 4.79 Å². The molecule has 0 aromatic heterocycles. The minimum atomic E-state index is 0.153. The van der Waals surface area contributed by atoms with Crippen molar-refractivity contribution < 1.29 is 4.79 Å². The second-order valence-corrected chi connectivity index (χ2v) is 4.18. The van der Waals surface area contributed by atoms with Gasteiger partial charge in [0.15, 0.2) is 0 Å². The molecule has 0 saturated carbocycles. The smallest absolute Gasteiger partial charge is 0.246 e. The quantitative estimate of drug-likeness (QED) is 0.558. The van der Waals surface area contributed by atoms with Crippen LogP contribution in [-0.4, -0.2) is 23.9 Å². The molecule has 0 aromatic rings. The van der Waals surface area contributed by atoms with Crippen molar-refractivity contribution in [3.8, 4) is 0 Å². The van der Waals surface area contributed by atoms with Crippen molar-refractivity contribution in [3.05, 3.63) is 12.2 Å². The molecule has 0 N–H and O–H groups in total. The molecule has 1 rings (SSSR count). The first-order chi connectivity index (χ1) is 4.99. The number of carbonyl (C=O) groups excluding carboxylic acids is 1. The fourth-order valence-electron chi connectivity index (χ4n) is 1.19. The van der Waals surface area contributed by atoms with Crippen molar-refractivity contribution in [2.45, 2.75) is 20.8 Å². The van der Waals surface area contributed by atoms with Crippen LogP contribution in [0.15, 0.2) is 12.2 Å². The first-order valence-electron chi connectivity index (χ1n) is 3.94. The van der Waals surface area contributed by atoms with Crippen molar-refractivity contribution in [3.63, 3.8) is 0 Å². The molecule has 1 aliphatic heterocycles. The van der Waals surface area contributed by atoms with Gasteiger partial charge in [-0.1, -0.05) is 26.8 Å². The molecule has 11 heavy (non-hydrogen) atoms. The Morgan fingerprint density at radius 2 is 2.18 bits per heavy atom. The number of amides is 1. The first-order valence-corrected chi connectivity index (χ1v) is 3.94. The summed E-state index contributed by atoms with van der Waals surface area (Å²) in [7, 11) is 0. The van der Waals surface area contributed by atoms with E-state index in [2.05, 4.69) is 20.8 Å². The van der Waals surface area contributed by atoms with Crippen LogP contribution in [-0.2, 0) is 4.79 Å². The lowest BCUT2D eigenvalue weighted by atomic mass is 9.96. The Morgan fingerprint density at radius 3 is 2.55 bits per heavy atom. The summed E-state index contributed by atoms with van der Waals surface area (Å²) in [5.41, 5.74) is 0.210. The summed E-state index contributed by atoms with van der Waals surface area (Å²) in [6.45, 7) is 8.05. The van der Waals surface area contributed by atoms with Crippen LogP contribution in [0.2, 0.25) is 0 Å². The molecular weight excluding hydrogens is 138 g/mol. The number of nitrogens with zero attached hydrogens (tertiary/aromatic N) is 1. The van der Waals surface area contributed by atoms with Crippen LogP contribution >= 0.6 is 0 Å². The second-order valence-electron chi connectivity index (χ2n) is 4.18. The van der Waals surface area contributed by atoms with E-state index in [1.807, 2.05) is 11.0 Å². The summed E-state index contributed by atoms with van der Waals surface area (Å²) in [4.78, 5) is 13.0. The SMILES string of the molecule is CC(C)(C)CN1CC=CC1=O. The Labute approximate surface area is 67.9 Å². The molecule has 0 radical (unpaired) electrons. The molecule has 0 bridgehead atoms. The van der Waals surface area contributed by atoms with E-state index in [1.165, 1.54) is 0 Å². The topological polar surface area (TPSA) is 20.3 Å². The molecule has 0 aromatic carbocycles. The predicted octanol–water partition coefficient (Wildman–Crippen LogP) is 1.43. The highest BCUT2D eigenvalue weighted by atomic mass is 16.2. The van der Waals surface area contributed by atoms with Gasteiger partial charge in [0.1, 0.15) is 0 Å². The largest absolute Gasteiger partial charge is 0.335 e. The van der Waals surface area contributed by atoms with Crippen LogP contribution in [0.3, 0.4) is 0 Å². The molecule has 1 amide bonds. The highest BCUT2D eigenvalue weighted by Crippen LogP contribution is 2.16. The maximum atomic E-state index is 11.1. The zero-order valence-electron chi connectivity index (χ0n) is 7.42. The van der Waals surface area contributed by atoms with Gasteiger partial charge in [-0.2, -0.15) is 0 Å². The van der Waals surface area contributed by atoms with Gasteiger partial charge in [-0.05, 0) is 5.41 Å². The van der Waals surface area contributed by atoms with Crippen molar-refractivity contribution in [2.24, 2.45) is 5.41 Å². The molecule has 0 fully saturated rings. The third kappa shape index (κ3) is 2.37. The van der Waals surface area contributed by atoms with Gasteiger partial charge < -0.3 is 4.90 Å². The molecule has 0 unspecified atom stereocenters. The fourth-order valence-corrected chi connectivity index (χ4v) is 1.19. The van der Waals surface area contributed by atoms with Crippen molar-refractivity contribution >= 4 is 5.91 Å². The number of rotatable bonds is 1. The van der Waals surface area contributed by atoms with Crippen LogP contribution in [0.4, 0.5) is 0 Å². The summed E-state index contributed by atoms with van der Waals surface area (Å²) < 4.78 is 0. The van der Waals surface area contributed by atoms with Gasteiger partial charge in [0, 0.05) is 19.2 Å². The maximum Gasteiger partial charge on any atom is 0.246 e. The van der Waals surface area contributed by atoms with Gasteiger partial charge >= 0.3 is 0 Å². The minimum Gasteiger partial charge on any atom is -0.335 e. The molecule has 1 heterocycles. The fraction of sp³-hybridized carbons (Fsp3) is 0.667.